The van der Waals surface area contributed by atoms with Crippen LogP contribution in [0.3, 0.4) is 0 Å². The molecule has 0 fully saturated rings. The van der Waals surface area contributed by atoms with E-state index in [1.54, 1.807) is 0 Å². The van der Waals surface area contributed by atoms with E-state index in [9.17, 15) is 0 Å². The molecule has 0 aromatic carbocycles. The molecule has 0 rings (SSSR count). The molecule has 0 aliphatic rings. The minimum Gasteiger partial charge on any atom is -0.353 e. The summed E-state index contributed by atoms with van der Waals surface area (Å²) >= 11 is 0. The van der Waals surface area contributed by atoms with Gasteiger partial charge in [-0.15, -0.1) is 0 Å². The normalized spacial score (nSPS) is 7.33. The second-order valence-corrected chi connectivity index (χ2v) is 0.832. The Morgan fingerprint density at radius 1 is 1.33 bits per heavy atom. The third-order valence-corrected chi connectivity index (χ3v) is 0.372. The topological polar surface area (TPSA) is 24.4 Å². The average molecular weight is 126 g/mol. The van der Waals surface area contributed by atoms with Crippen LogP contribution in [0.1, 0.15) is 13.8 Å². The first-order valence-electron chi connectivity index (χ1n) is 2.91. The van der Waals surface area contributed by atoms with Crippen LogP contribution >= 0.6 is 0 Å². The minimum atomic E-state index is 1.44. The van der Waals surface area contributed by atoms with Crippen LogP contribution in [-0.4, -0.2) is 6.34 Å². The monoisotopic (exact) mass is 126 g/mol. The van der Waals surface area contributed by atoms with E-state index in [1.807, 2.05) is 13.8 Å². The van der Waals surface area contributed by atoms with Gasteiger partial charge >= 0.3 is 0 Å². The van der Waals surface area contributed by atoms with Crippen molar-refractivity contribution in [1.29, 1.82) is 0 Å². The summed E-state index contributed by atoms with van der Waals surface area (Å²) < 4.78 is 0. The first-order chi connectivity index (χ1) is 4.41. The lowest BCUT2D eigenvalue weighted by Gasteiger charge is -1.79. The van der Waals surface area contributed by atoms with Crippen LogP contribution in [0.4, 0.5) is 0 Å². The van der Waals surface area contributed by atoms with Crippen LogP contribution < -0.4 is 5.32 Å². The Balaban J connectivity index is 0. The van der Waals surface area contributed by atoms with E-state index in [2.05, 4.69) is 23.5 Å². The molecule has 0 atom stereocenters. The fourth-order valence-electron chi connectivity index (χ4n) is 0.148. The molecule has 52 valence electrons. The fraction of sp³-hybridized carbons (Fsp3) is 0.286. The summed E-state index contributed by atoms with van der Waals surface area (Å²) in [5.41, 5.74) is 0. The van der Waals surface area contributed by atoms with Crippen molar-refractivity contribution in [3.63, 3.8) is 0 Å². The van der Waals surface area contributed by atoms with E-state index in [4.69, 9.17) is 0 Å². The quantitative estimate of drug-likeness (QED) is 0.453. The van der Waals surface area contributed by atoms with E-state index < -0.39 is 0 Å². The first-order valence-corrected chi connectivity index (χ1v) is 2.91. The molecule has 0 amide bonds. The van der Waals surface area contributed by atoms with Crippen molar-refractivity contribution in [1.82, 2.24) is 5.32 Å². The summed E-state index contributed by atoms with van der Waals surface area (Å²) in [4.78, 5) is 3.62. The molecule has 1 N–H and O–H groups in total. The maximum Gasteiger partial charge on any atom is 0.0917 e. The SMILES string of the molecule is C=CN=CNC=C.CC. The number of hydrogen-bond acceptors (Lipinski definition) is 1. The van der Waals surface area contributed by atoms with Gasteiger partial charge in [-0.25, -0.2) is 4.99 Å². The highest BCUT2D eigenvalue weighted by molar-refractivity contribution is 5.56. The lowest BCUT2D eigenvalue weighted by atomic mass is 10.9. The summed E-state index contributed by atoms with van der Waals surface area (Å²) in [5, 5.41) is 2.65. The lowest BCUT2D eigenvalue weighted by Crippen LogP contribution is -1.96. The summed E-state index contributed by atoms with van der Waals surface area (Å²) in [6.45, 7) is 10.8. The molecular weight excluding hydrogens is 112 g/mol. The zero-order valence-electron chi connectivity index (χ0n) is 6.09. The second-order valence-electron chi connectivity index (χ2n) is 0.832. The Bertz CT molecular complexity index is 84.9. The lowest BCUT2D eigenvalue weighted by molar-refractivity contribution is 1.32. The smallest absolute Gasteiger partial charge is 0.0917 e. The zero-order valence-corrected chi connectivity index (χ0v) is 6.09. The van der Waals surface area contributed by atoms with E-state index in [0.717, 1.165) is 0 Å². The van der Waals surface area contributed by atoms with Crippen molar-refractivity contribution in [3.05, 3.63) is 25.6 Å². The molecule has 0 unspecified atom stereocenters. The molecule has 0 aromatic rings. The van der Waals surface area contributed by atoms with E-state index in [1.165, 1.54) is 18.7 Å². The number of nitrogens with one attached hydrogen (secondary N) is 1. The van der Waals surface area contributed by atoms with Crippen LogP contribution in [0, 0.1) is 0 Å². The van der Waals surface area contributed by atoms with Crippen molar-refractivity contribution >= 4 is 6.34 Å². The van der Waals surface area contributed by atoms with Crippen LogP contribution in [0.15, 0.2) is 30.6 Å². The van der Waals surface area contributed by atoms with Crippen molar-refractivity contribution in [2.45, 2.75) is 13.8 Å². The fourth-order valence-corrected chi connectivity index (χ4v) is 0.148. The zero-order chi connectivity index (χ0) is 7.54. The van der Waals surface area contributed by atoms with Crippen LogP contribution in [0.5, 0.6) is 0 Å². The van der Waals surface area contributed by atoms with Gasteiger partial charge < -0.3 is 5.32 Å². The average Bonchev–Trinajstić information content (AvgIpc) is 1.94. The molecule has 0 saturated carbocycles. The number of aliphatic imine (C=N–C) groups is 1. The van der Waals surface area contributed by atoms with Gasteiger partial charge in [-0.3, -0.25) is 0 Å². The Hall–Kier alpha value is -1.05. The van der Waals surface area contributed by atoms with Gasteiger partial charge in [0.25, 0.3) is 0 Å². The predicted molar refractivity (Wildman–Crippen MR) is 43.4 cm³/mol. The third-order valence-electron chi connectivity index (χ3n) is 0.372. The highest BCUT2D eigenvalue weighted by Gasteiger charge is 1.54. The molecule has 2 heteroatoms. The highest BCUT2D eigenvalue weighted by Crippen LogP contribution is 1.58. The standard InChI is InChI=1S/C5H8N2.C2H6/c1-3-6-5-7-4-2;1-2/h3-5H,1-2H2,(H,6,7);1-2H3. The molecular formula is C7H14N2. The maximum atomic E-state index is 3.62. The minimum absolute atomic E-state index is 1.44. The third kappa shape index (κ3) is 19.6. The Morgan fingerprint density at radius 2 is 1.89 bits per heavy atom. The Labute approximate surface area is 57.0 Å². The number of rotatable bonds is 3. The summed E-state index contributed by atoms with van der Waals surface area (Å²) in [5.74, 6) is 0. The van der Waals surface area contributed by atoms with Gasteiger partial charge in [0, 0.05) is 6.20 Å². The van der Waals surface area contributed by atoms with Gasteiger partial charge in [-0.05, 0) is 6.20 Å². The van der Waals surface area contributed by atoms with Crippen LogP contribution in [0.2, 0.25) is 0 Å². The van der Waals surface area contributed by atoms with E-state index in [-0.39, 0.29) is 0 Å². The van der Waals surface area contributed by atoms with Crippen LogP contribution in [0.25, 0.3) is 0 Å². The van der Waals surface area contributed by atoms with Gasteiger partial charge in [0.15, 0.2) is 0 Å². The molecule has 9 heavy (non-hydrogen) atoms. The molecule has 0 aliphatic carbocycles. The van der Waals surface area contributed by atoms with Crippen molar-refractivity contribution in [2.75, 3.05) is 0 Å². The van der Waals surface area contributed by atoms with E-state index >= 15 is 0 Å². The van der Waals surface area contributed by atoms with Crippen molar-refractivity contribution in [3.8, 4) is 0 Å². The molecule has 0 radical (unpaired) electrons. The van der Waals surface area contributed by atoms with Crippen molar-refractivity contribution in [2.24, 2.45) is 4.99 Å². The number of hydrogen-bond donors (Lipinski definition) is 1. The highest BCUT2D eigenvalue weighted by atomic mass is 14.9. The Kier molecular flexibility index (Phi) is 19.0. The van der Waals surface area contributed by atoms with Crippen molar-refractivity contribution < 1.29 is 0 Å². The molecule has 0 spiro atoms. The van der Waals surface area contributed by atoms with Gasteiger partial charge in [-0.2, -0.15) is 0 Å². The molecule has 0 aromatic heterocycles. The number of nitrogens with zero attached hydrogens (tertiary/aromatic N) is 1. The summed E-state index contributed by atoms with van der Waals surface area (Å²) in [6.07, 6.45) is 4.48. The van der Waals surface area contributed by atoms with Gasteiger partial charge in [0.05, 0.1) is 6.34 Å². The first kappa shape index (κ1) is 10.8. The van der Waals surface area contributed by atoms with Crippen LogP contribution in [-0.2, 0) is 0 Å². The molecule has 0 saturated heterocycles. The maximum absolute atomic E-state index is 3.62. The molecule has 0 heterocycles. The predicted octanol–water partition coefficient (Wildman–Crippen LogP) is 1.92. The largest absolute Gasteiger partial charge is 0.353 e. The summed E-state index contributed by atoms with van der Waals surface area (Å²) in [6, 6.07) is 0. The Morgan fingerprint density at radius 3 is 2.22 bits per heavy atom. The summed E-state index contributed by atoms with van der Waals surface area (Å²) in [7, 11) is 0. The van der Waals surface area contributed by atoms with Gasteiger partial charge in [0.2, 0.25) is 0 Å². The van der Waals surface area contributed by atoms with Gasteiger partial charge in [-0.1, -0.05) is 27.0 Å². The molecule has 2 nitrogen and oxygen atoms in total. The van der Waals surface area contributed by atoms with Gasteiger partial charge in [0.1, 0.15) is 0 Å². The second kappa shape index (κ2) is 15.8. The molecule has 0 aliphatic heterocycles. The van der Waals surface area contributed by atoms with E-state index in [0.29, 0.717) is 0 Å². The molecule has 0 bridgehead atoms.